The summed E-state index contributed by atoms with van der Waals surface area (Å²) in [4.78, 5) is 33.0. The van der Waals surface area contributed by atoms with Gasteiger partial charge in [-0.15, -0.1) is 0 Å². The Morgan fingerprint density at radius 3 is 2.23 bits per heavy atom. The van der Waals surface area contributed by atoms with Gasteiger partial charge in [-0.25, -0.2) is 0 Å². The lowest BCUT2D eigenvalue weighted by atomic mass is 9.69. The molecule has 3 atom stereocenters. The molecule has 0 fully saturated rings. The predicted molar refractivity (Wildman–Crippen MR) is 181 cm³/mol. The van der Waals surface area contributed by atoms with Gasteiger partial charge in [-0.2, -0.15) is 0 Å². The Bertz CT molecular complexity index is 1800. The molecule has 1 unspecified atom stereocenters. The third-order valence-electron chi connectivity index (χ3n) is 8.96. The smallest absolute Gasteiger partial charge is 0.315 e. The number of ketones is 1. The van der Waals surface area contributed by atoms with Crippen LogP contribution in [0.25, 0.3) is 0 Å². The number of aliphatic imine (C=N–C) groups is 1. The first-order valence-corrected chi connectivity index (χ1v) is 16.0. The molecule has 0 radical (unpaired) electrons. The Labute approximate surface area is 275 Å². The van der Waals surface area contributed by atoms with Crippen molar-refractivity contribution in [3.63, 3.8) is 0 Å². The third kappa shape index (κ3) is 7.14. The van der Waals surface area contributed by atoms with E-state index in [-0.39, 0.29) is 24.3 Å². The molecular formula is C40H39NO6. The van der Waals surface area contributed by atoms with Crippen molar-refractivity contribution in [1.29, 1.82) is 0 Å². The van der Waals surface area contributed by atoms with Crippen LogP contribution in [0.1, 0.15) is 53.9 Å². The average Bonchev–Trinajstić information content (AvgIpc) is 3.10. The van der Waals surface area contributed by atoms with Crippen molar-refractivity contribution >= 4 is 17.5 Å². The maximum Gasteiger partial charge on any atom is 0.315 e. The Balaban J connectivity index is 1.32. The second kappa shape index (κ2) is 14.5. The number of hydrogen-bond acceptors (Lipinski definition) is 7. The highest BCUT2D eigenvalue weighted by Gasteiger charge is 2.45. The van der Waals surface area contributed by atoms with Gasteiger partial charge in [-0.05, 0) is 65.8 Å². The topological polar surface area (TPSA) is 83.4 Å². The van der Waals surface area contributed by atoms with Gasteiger partial charge in [0.1, 0.15) is 18.3 Å². The molecule has 6 rings (SSSR count). The highest BCUT2D eigenvalue weighted by Crippen LogP contribution is 2.48. The molecule has 240 valence electrons. The second-order valence-electron chi connectivity index (χ2n) is 12.0. The van der Waals surface area contributed by atoms with Gasteiger partial charge in [0, 0.05) is 35.7 Å². The molecule has 0 saturated carbocycles. The molecule has 4 aromatic rings. The maximum absolute atomic E-state index is 14.2. The number of Topliss-reactive ketones (excluding diaryl/α,β-unsaturated/α-hetero) is 1. The fraction of sp³-hybridized carbons (Fsp3) is 0.275. The summed E-state index contributed by atoms with van der Waals surface area (Å²) in [5.74, 6) is 0.122. The van der Waals surface area contributed by atoms with E-state index in [4.69, 9.17) is 23.9 Å². The Hall–Kier alpha value is -5.17. The largest absolute Gasteiger partial charge is 0.493 e. The fourth-order valence-corrected chi connectivity index (χ4v) is 6.61. The second-order valence-corrected chi connectivity index (χ2v) is 12.0. The monoisotopic (exact) mass is 629 g/mol. The minimum atomic E-state index is -0.740. The van der Waals surface area contributed by atoms with Crippen molar-refractivity contribution in [3.05, 3.63) is 137 Å². The molecular weight excluding hydrogens is 590 g/mol. The molecule has 7 nitrogen and oxygen atoms in total. The summed E-state index contributed by atoms with van der Waals surface area (Å²) < 4.78 is 23.0. The van der Waals surface area contributed by atoms with Crippen molar-refractivity contribution in [1.82, 2.24) is 0 Å². The fourth-order valence-electron chi connectivity index (χ4n) is 6.61. The lowest BCUT2D eigenvalue weighted by Crippen LogP contribution is -2.38. The molecule has 0 saturated heterocycles. The van der Waals surface area contributed by atoms with E-state index in [0.29, 0.717) is 60.1 Å². The van der Waals surface area contributed by atoms with Crippen molar-refractivity contribution in [2.75, 3.05) is 20.8 Å². The van der Waals surface area contributed by atoms with E-state index >= 15 is 0 Å². The summed E-state index contributed by atoms with van der Waals surface area (Å²) in [7, 11) is 3.20. The van der Waals surface area contributed by atoms with E-state index in [9.17, 15) is 9.59 Å². The number of carbonyl (C=O) groups excluding carboxylic acids is 2. The highest BCUT2D eigenvalue weighted by atomic mass is 16.5. The first-order chi connectivity index (χ1) is 22.9. The Morgan fingerprint density at radius 1 is 0.787 bits per heavy atom. The Kier molecular flexibility index (Phi) is 9.81. The minimum absolute atomic E-state index is 0.0232. The zero-order chi connectivity index (χ0) is 32.8. The molecule has 0 bridgehead atoms. The lowest BCUT2D eigenvalue weighted by molar-refractivity contribution is -0.146. The normalized spacial score (nSPS) is 19.0. The molecule has 1 heterocycles. The van der Waals surface area contributed by atoms with Crippen molar-refractivity contribution < 1.29 is 28.5 Å². The number of methoxy groups -OCH3 is 2. The standard InChI is InChI=1S/C40H39NO6/c1-26-37(40(43)46-20-19-27-11-6-4-7-12-27)38(30-15-10-16-32(21-30)47-25-28-13-8-5-9-14-28)39-33(41-26)22-31(23-34(39)42)29-17-18-35(44-2)36(24-29)45-3/h4-18,21,24,31,37-38H,19-20,22-23,25H2,1-3H3/t31-,37?,38-/m1/s1. The summed E-state index contributed by atoms with van der Waals surface area (Å²) in [5, 5.41) is 0. The predicted octanol–water partition coefficient (Wildman–Crippen LogP) is 7.64. The molecule has 47 heavy (non-hydrogen) atoms. The number of esters is 1. The van der Waals surface area contributed by atoms with E-state index in [2.05, 4.69) is 0 Å². The van der Waals surface area contributed by atoms with Crippen LogP contribution in [0.3, 0.4) is 0 Å². The summed E-state index contributed by atoms with van der Waals surface area (Å²) >= 11 is 0. The number of hydrogen-bond donors (Lipinski definition) is 0. The van der Waals surface area contributed by atoms with Crippen LogP contribution >= 0.6 is 0 Å². The highest BCUT2D eigenvalue weighted by molar-refractivity contribution is 6.09. The van der Waals surface area contributed by atoms with Crippen LogP contribution in [0.2, 0.25) is 0 Å². The first kappa shape index (κ1) is 31.8. The van der Waals surface area contributed by atoms with E-state index < -0.39 is 11.8 Å². The van der Waals surface area contributed by atoms with E-state index in [1.807, 2.05) is 110 Å². The van der Waals surface area contributed by atoms with Gasteiger partial charge in [0.05, 0.1) is 20.8 Å². The van der Waals surface area contributed by atoms with Crippen LogP contribution in [0, 0.1) is 5.92 Å². The quantitative estimate of drug-likeness (QED) is 0.159. The first-order valence-electron chi connectivity index (χ1n) is 16.0. The van der Waals surface area contributed by atoms with Gasteiger partial charge < -0.3 is 18.9 Å². The average molecular weight is 630 g/mol. The van der Waals surface area contributed by atoms with Gasteiger partial charge in [-0.3, -0.25) is 14.6 Å². The number of rotatable bonds is 11. The molecule has 0 spiro atoms. The summed E-state index contributed by atoms with van der Waals surface area (Å²) in [6, 6.07) is 33.3. The van der Waals surface area contributed by atoms with Crippen LogP contribution in [-0.2, 0) is 27.4 Å². The van der Waals surface area contributed by atoms with Gasteiger partial charge >= 0.3 is 5.97 Å². The zero-order valence-corrected chi connectivity index (χ0v) is 27.0. The number of allylic oxidation sites excluding steroid dienone is 2. The number of nitrogens with zero attached hydrogens (tertiary/aromatic N) is 1. The third-order valence-corrected chi connectivity index (χ3v) is 8.96. The minimum Gasteiger partial charge on any atom is -0.493 e. The molecule has 0 amide bonds. The van der Waals surface area contributed by atoms with Crippen molar-refractivity contribution in [2.45, 2.75) is 44.6 Å². The van der Waals surface area contributed by atoms with E-state index in [0.717, 1.165) is 22.3 Å². The van der Waals surface area contributed by atoms with Gasteiger partial charge in [-0.1, -0.05) is 78.9 Å². The summed E-state index contributed by atoms with van der Waals surface area (Å²) in [6.45, 7) is 2.50. The van der Waals surface area contributed by atoms with Gasteiger partial charge in [0.25, 0.3) is 0 Å². The molecule has 0 aromatic heterocycles. The number of carbonyl (C=O) groups is 2. The van der Waals surface area contributed by atoms with Gasteiger partial charge in [0.15, 0.2) is 17.3 Å². The summed E-state index contributed by atoms with van der Waals surface area (Å²) in [6.07, 6.45) is 1.45. The zero-order valence-electron chi connectivity index (χ0n) is 27.0. The molecule has 1 aliphatic carbocycles. The van der Waals surface area contributed by atoms with Crippen LogP contribution in [0.5, 0.6) is 17.2 Å². The Morgan fingerprint density at radius 2 is 1.51 bits per heavy atom. The molecule has 1 aliphatic heterocycles. The molecule has 4 aromatic carbocycles. The number of ether oxygens (including phenoxy) is 4. The van der Waals surface area contributed by atoms with Crippen molar-refractivity contribution in [2.24, 2.45) is 10.9 Å². The molecule has 7 heteroatoms. The lowest BCUT2D eigenvalue weighted by Gasteiger charge is -2.36. The van der Waals surface area contributed by atoms with Crippen molar-refractivity contribution in [3.8, 4) is 17.2 Å². The molecule has 2 aliphatic rings. The van der Waals surface area contributed by atoms with Crippen LogP contribution in [0.4, 0.5) is 0 Å². The maximum atomic E-state index is 14.2. The SMILES string of the molecule is COc1ccc([C@H]2CC(=O)C3=C(C2)N=C(C)C(C(=O)OCCc2ccccc2)[C@H]3c2cccc(OCc3ccccc3)c2)cc1OC. The van der Waals surface area contributed by atoms with Crippen LogP contribution < -0.4 is 14.2 Å². The van der Waals surface area contributed by atoms with Crippen LogP contribution in [0.15, 0.2) is 119 Å². The van der Waals surface area contributed by atoms with Gasteiger partial charge in [0.2, 0.25) is 0 Å². The van der Waals surface area contributed by atoms with Crippen LogP contribution in [-0.4, -0.2) is 38.3 Å². The molecule has 0 N–H and O–H groups in total. The van der Waals surface area contributed by atoms with E-state index in [1.165, 1.54) is 0 Å². The number of benzene rings is 4. The summed E-state index contributed by atoms with van der Waals surface area (Å²) in [5.41, 5.74) is 5.86. The van der Waals surface area contributed by atoms with E-state index in [1.54, 1.807) is 14.2 Å².